The Hall–Kier alpha value is -0.380. The number of rotatable bonds is 7. The number of nitrogens with one attached hydrogen (secondary N) is 1. The second kappa shape index (κ2) is 7.27. The molecule has 1 saturated heterocycles. The highest BCUT2D eigenvalue weighted by molar-refractivity contribution is 4.94. The monoisotopic (exact) mass is 252 g/mol. The maximum absolute atomic E-state index is 5.18. The van der Waals surface area contributed by atoms with Gasteiger partial charge in [0, 0.05) is 38.8 Å². The molecular formula is C15H28N2O. The Morgan fingerprint density at radius 2 is 2.22 bits per heavy atom. The van der Waals surface area contributed by atoms with Gasteiger partial charge in [-0.3, -0.25) is 4.90 Å². The number of hydrogen-bond donors (Lipinski definition) is 1. The van der Waals surface area contributed by atoms with Gasteiger partial charge in [-0.15, -0.1) is 6.58 Å². The number of hydrogen-bond acceptors (Lipinski definition) is 3. The summed E-state index contributed by atoms with van der Waals surface area (Å²) in [5.41, 5.74) is 0. The molecule has 0 radical (unpaired) electrons. The van der Waals surface area contributed by atoms with Gasteiger partial charge in [0.05, 0.1) is 6.61 Å². The van der Waals surface area contributed by atoms with Gasteiger partial charge < -0.3 is 10.1 Å². The first-order valence-corrected chi connectivity index (χ1v) is 7.41. The minimum atomic E-state index is 0.676. The summed E-state index contributed by atoms with van der Waals surface area (Å²) >= 11 is 0. The standard InChI is InChI=1S/C15H28N2O/c1-3-8-17(9-10-18-2)12-14-11-13-6-4-5-7-15(13)16-14/h3,13-16H,1,4-12H2,2H3. The molecule has 2 aliphatic rings. The summed E-state index contributed by atoms with van der Waals surface area (Å²) in [6.45, 7) is 7.79. The Labute approximate surface area is 112 Å². The van der Waals surface area contributed by atoms with Crippen molar-refractivity contribution in [2.45, 2.75) is 44.2 Å². The summed E-state index contributed by atoms with van der Waals surface area (Å²) < 4.78 is 5.18. The third-order valence-electron chi connectivity index (χ3n) is 4.42. The van der Waals surface area contributed by atoms with Crippen molar-refractivity contribution in [1.82, 2.24) is 10.2 Å². The summed E-state index contributed by atoms with van der Waals surface area (Å²) in [4.78, 5) is 2.45. The molecule has 0 bridgehead atoms. The van der Waals surface area contributed by atoms with Crippen LogP contribution < -0.4 is 5.32 Å². The molecular weight excluding hydrogens is 224 g/mol. The van der Waals surface area contributed by atoms with Crippen LogP contribution in [0, 0.1) is 5.92 Å². The van der Waals surface area contributed by atoms with E-state index in [0.29, 0.717) is 6.04 Å². The van der Waals surface area contributed by atoms with E-state index in [1.165, 1.54) is 32.1 Å². The van der Waals surface area contributed by atoms with Gasteiger partial charge in [0.1, 0.15) is 0 Å². The fourth-order valence-electron chi connectivity index (χ4n) is 3.54. The van der Waals surface area contributed by atoms with E-state index in [4.69, 9.17) is 4.74 Å². The number of methoxy groups -OCH3 is 1. The van der Waals surface area contributed by atoms with Crippen molar-refractivity contribution < 1.29 is 4.74 Å². The summed E-state index contributed by atoms with van der Waals surface area (Å²) in [7, 11) is 1.77. The molecule has 0 spiro atoms. The van der Waals surface area contributed by atoms with E-state index in [1.54, 1.807) is 7.11 Å². The molecule has 0 amide bonds. The van der Waals surface area contributed by atoms with E-state index in [2.05, 4.69) is 16.8 Å². The van der Waals surface area contributed by atoms with Gasteiger partial charge in [0.15, 0.2) is 0 Å². The van der Waals surface area contributed by atoms with E-state index in [0.717, 1.165) is 38.2 Å². The molecule has 104 valence electrons. The van der Waals surface area contributed by atoms with Crippen LogP contribution in [0.1, 0.15) is 32.1 Å². The second-order valence-electron chi connectivity index (χ2n) is 5.79. The lowest BCUT2D eigenvalue weighted by molar-refractivity contribution is 0.148. The van der Waals surface area contributed by atoms with E-state index in [9.17, 15) is 0 Å². The van der Waals surface area contributed by atoms with E-state index in [1.807, 2.05) is 6.08 Å². The fourth-order valence-corrected chi connectivity index (χ4v) is 3.54. The van der Waals surface area contributed by atoms with E-state index in [-0.39, 0.29) is 0 Å². The molecule has 2 fully saturated rings. The maximum atomic E-state index is 5.18. The Bertz CT molecular complexity index is 243. The van der Waals surface area contributed by atoms with Gasteiger partial charge in [-0.2, -0.15) is 0 Å². The molecule has 18 heavy (non-hydrogen) atoms. The topological polar surface area (TPSA) is 24.5 Å². The summed E-state index contributed by atoms with van der Waals surface area (Å²) in [6, 6.07) is 1.48. The lowest BCUT2D eigenvalue weighted by Gasteiger charge is -2.25. The highest BCUT2D eigenvalue weighted by Gasteiger charge is 2.35. The molecule has 3 unspecified atom stereocenters. The minimum absolute atomic E-state index is 0.676. The van der Waals surface area contributed by atoms with Crippen LogP contribution in [0.3, 0.4) is 0 Å². The van der Waals surface area contributed by atoms with Crippen LogP contribution in [-0.4, -0.2) is 50.3 Å². The lowest BCUT2D eigenvalue weighted by Crippen LogP contribution is -2.41. The van der Waals surface area contributed by atoms with Crippen LogP contribution in [0.2, 0.25) is 0 Å². The van der Waals surface area contributed by atoms with E-state index >= 15 is 0 Å². The van der Waals surface area contributed by atoms with Crippen LogP contribution in [0.4, 0.5) is 0 Å². The van der Waals surface area contributed by atoms with Crippen LogP contribution in [0.5, 0.6) is 0 Å². The number of fused-ring (bicyclic) bond motifs is 1. The third kappa shape index (κ3) is 3.81. The zero-order valence-corrected chi connectivity index (χ0v) is 11.7. The average Bonchev–Trinajstić information content (AvgIpc) is 2.78. The average molecular weight is 252 g/mol. The third-order valence-corrected chi connectivity index (χ3v) is 4.42. The molecule has 3 nitrogen and oxygen atoms in total. The SMILES string of the molecule is C=CCN(CCOC)CC1CC2CCCCC2N1. The largest absolute Gasteiger partial charge is 0.383 e. The molecule has 3 heteroatoms. The normalized spacial score (nSPS) is 31.6. The Kier molecular flexibility index (Phi) is 5.67. The van der Waals surface area contributed by atoms with Gasteiger partial charge in [0.25, 0.3) is 0 Å². The Morgan fingerprint density at radius 1 is 1.39 bits per heavy atom. The molecule has 1 N–H and O–H groups in total. The van der Waals surface area contributed by atoms with Crippen LogP contribution >= 0.6 is 0 Å². The summed E-state index contributed by atoms with van der Waals surface area (Å²) in [5.74, 6) is 0.941. The van der Waals surface area contributed by atoms with Gasteiger partial charge in [0.2, 0.25) is 0 Å². The Balaban J connectivity index is 1.78. The van der Waals surface area contributed by atoms with Crippen molar-refractivity contribution in [3.63, 3.8) is 0 Å². The molecule has 0 aromatic carbocycles. The second-order valence-corrected chi connectivity index (χ2v) is 5.79. The molecule has 2 rings (SSSR count). The van der Waals surface area contributed by atoms with Gasteiger partial charge in [-0.25, -0.2) is 0 Å². The molecule has 0 aromatic heterocycles. The Morgan fingerprint density at radius 3 is 2.94 bits per heavy atom. The molecule has 1 saturated carbocycles. The van der Waals surface area contributed by atoms with Crippen molar-refractivity contribution in [2.24, 2.45) is 5.92 Å². The van der Waals surface area contributed by atoms with Crippen LogP contribution in [0.25, 0.3) is 0 Å². The molecule has 1 aliphatic heterocycles. The van der Waals surface area contributed by atoms with Gasteiger partial charge in [-0.1, -0.05) is 18.9 Å². The highest BCUT2D eigenvalue weighted by Crippen LogP contribution is 2.33. The molecule has 1 aliphatic carbocycles. The minimum Gasteiger partial charge on any atom is -0.383 e. The molecule has 3 atom stereocenters. The smallest absolute Gasteiger partial charge is 0.0589 e. The molecule has 1 heterocycles. The number of nitrogens with zero attached hydrogens (tertiary/aromatic N) is 1. The quantitative estimate of drug-likeness (QED) is 0.702. The first-order valence-electron chi connectivity index (χ1n) is 7.41. The lowest BCUT2D eigenvalue weighted by atomic mass is 9.85. The van der Waals surface area contributed by atoms with Crippen molar-refractivity contribution in [1.29, 1.82) is 0 Å². The summed E-state index contributed by atoms with van der Waals surface area (Å²) in [6.07, 6.45) is 9.05. The van der Waals surface area contributed by atoms with Crippen molar-refractivity contribution in [3.8, 4) is 0 Å². The first-order chi connectivity index (χ1) is 8.83. The number of ether oxygens (including phenoxy) is 1. The van der Waals surface area contributed by atoms with Crippen molar-refractivity contribution in [2.75, 3.05) is 33.4 Å². The van der Waals surface area contributed by atoms with E-state index < -0.39 is 0 Å². The zero-order chi connectivity index (χ0) is 12.8. The van der Waals surface area contributed by atoms with Crippen molar-refractivity contribution in [3.05, 3.63) is 12.7 Å². The van der Waals surface area contributed by atoms with Gasteiger partial charge in [-0.05, 0) is 25.2 Å². The van der Waals surface area contributed by atoms with Gasteiger partial charge >= 0.3 is 0 Å². The fraction of sp³-hybridized carbons (Fsp3) is 0.867. The highest BCUT2D eigenvalue weighted by atomic mass is 16.5. The zero-order valence-electron chi connectivity index (χ0n) is 11.7. The predicted octanol–water partition coefficient (Wildman–Crippen LogP) is 2.04. The predicted molar refractivity (Wildman–Crippen MR) is 75.8 cm³/mol. The van der Waals surface area contributed by atoms with Crippen LogP contribution in [-0.2, 0) is 4.74 Å². The van der Waals surface area contributed by atoms with Crippen molar-refractivity contribution >= 4 is 0 Å². The summed E-state index contributed by atoms with van der Waals surface area (Å²) in [5, 5.41) is 3.84. The first kappa shape index (κ1) is 14.0. The maximum Gasteiger partial charge on any atom is 0.0589 e. The van der Waals surface area contributed by atoms with Crippen LogP contribution in [0.15, 0.2) is 12.7 Å². The molecule has 0 aromatic rings.